The lowest BCUT2D eigenvalue weighted by Crippen LogP contribution is -2.00. The molecule has 3 rings (SSSR count). The molecule has 0 N–H and O–H groups in total. The van der Waals surface area contributed by atoms with Crippen molar-refractivity contribution in [1.29, 1.82) is 0 Å². The van der Waals surface area contributed by atoms with Gasteiger partial charge in [-0.25, -0.2) is 0 Å². The van der Waals surface area contributed by atoms with E-state index >= 15 is 0 Å². The summed E-state index contributed by atoms with van der Waals surface area (Å²) in [7, 11) is 1.64. The van der Waals surface area contributed by atoms with E-state index in [0.29, 0.717) is 17.4 Å². The van der Waals surface area contributed by atoms with Crippen molar-refractivity contribution in [1.82, 2.24) is 0 Å². The molecule has 0 aromatic heterocycles. The summed E-state index contributed by atoms with van der Waals surface area (Å²) in [5.41, 5.74) is 3.85. The fourth-order valence-electron chi connectivity index (χ4n) is 2.56. The van der Waals surface area contributed by atoms with Crippen molar-refractivity contribution in [2.45, 2.75) is 13.5 Å². The van der Waals surface area contributed by atoms with Crippen LogP contribution >= 0.6 is 34.2 Å². The minimum atomic E-state index is 0.488. The van der Waals surface area contributed by atoms with Crippen molar-refractivity contribution in [3.05, 3.63) is 85.9 Å². The van der Waals surface area contributed by atoms with Crippen molar-refractivity contribution in [2.75, 3.05) is 7.11 Å². The Morgan fingerprint density at radius 3 is 2.59 bits per heavy atom. The Hall–Kier alpha value is -2.05. The van der Waals surface area contributed by atoms with E-state index in [9.17, 15) is 0 Å². The predicted octanol–water partition coefficient (Wildman–Crippen LogP) is 6.59. The molecule has 0 heterocycles. The lowest BCUT2D eigenvalue weighted by atomic mass is 10.2. The highest BCUT2D eigenvalue weighted by Gasteiger charge is 2.11. The lowest BCUT2D eigenvalue weighted by molar-refractivity contribution is 0.282. The van der Waals surface area contributed by atoms with Gasteiger partial charge in [0.25, 0.3) is 0 Å². The van der Waals surface area contributed by atoms with Crippen LogP contribution in [0.5, 0.6) is 11.5 Å². The number of rotatable bonds is 6. The van der Waals surface area contributed by atoms with Crippen LogP contribution in [0.1, 0.15) is 16.7 Å². The van der Waals surface area contributed by atoms with E-state index in [1.807, 2.05) is 73.8 Å². The molecule has 0 aliphatic heterocycles. The molecule has 0 radical (unpaired) electrons. The summed E-state index contributed by atoms with van der Waals surface area (Å²) in [6, 6.07) is 19.7. The largest absolute Gasteiger partial charge is 0.493 e. The van der Waals surface area contributed by atoms with E-state index < -0.39 is 0 Å². The van der Waals surface area contributed by atoms with Crippen molar-refractivity contribution in [3.8, 4) is 11.5 Å². The molecule has 0 bridgehead atoms. The molecule has 3 aromatic rings. The Labute approximate surface area is 178 Å². The van der Waals surface area contributed by atoms with Gasteiger partial charge in [0.1, 0.15) is 6.61 Å². The van der Waals surface area contributed by atoms with Crippen LogP contribution in [0.25, 0.3) is 0 Å². The maximum Gasteiger partial charge on any atom is 0.174 e. The zero-order valence-electron chi connectivity index (χ0n) is 15.1. The summed E-state index contributed by atoms with van der Waals surface area (Å²) in [6.45, 7) is 2.45. The predicted molar refractivity (Wildman–Crippen MR) is 120 cm³/mol. The molecule has 0 fully saturated rings. The first-order valence-corrected chi connectivity index (χ1v) is 9.87. The van der Waals surface area contributed by atoms with Crippen LogP contribution in [0.15, 0.2) is 65.7 Å². The summed E-state index contributed by atoms with van der Waals surface area (Å²) in [5, 5.41) is 0.710. The average molecular weight is 492 g/mol. The van der Waals surface area contributed by atoms with Gasteiger partial charge in [0, 0.05) is 11.2 Å². The SMILES string of the molecule is COc1cc(C=Nc2cccc(Cl)c2C)cc(I)c1OCc1ccccc1. The fourth-order valence-corrected chi connectivity index (χ4v) is 3.51. The first kappa shape index (κ1) is 19.7. The Morgan fingerprint density at radius 1 is 1.07 bits per heavy atom. The molecule has 5 heteroatoms. The van der Waals surface area contributed by atoms with E-state index in [4.69, 9.17) is 21.1 Å². The van der Waals surface area contributed by atoms with E-state index in [-0.39, 0.29) is 0 Å². The van der Waals surface area contributed by atoms with Crippen LogP contribution in [0.2, 0.25) is 5.02 Å². The number of hydrogen-bond donors (Lipinski definition) is 0. The van der Waals surface area contributed by atoms with E-state index in [0.717, 1.165) is 31.7 Å². The van der Waals surface area contributed by atoms with Gasteiger partial charge in [-0.15, -0.1) is 0 Å². The second kappa shape index (κ2) is 9.24. The van der Waals surface area contributed by atoms with Gasteiger partial charge < -0.3 is 9.47 Å². The standard InChI is InChI=1S/C22H19ClINO2/c1-15-18(23)9-6-10-20(15)25-13-17-11-19(24)22(21(12-17)26-2)27-14-16-7-4-3-5-8-16/h3-13H,14H2,1-2H3. The molecule has 0 aliphatic rings. The smallest absolute Gasteiger partial charge is 0.174 e. The molecule has 3 nitrogen and oxygen atoms in total. The van der Waals surface area contributed by atoms with Crippen LogP contribution in [-0.2, 0) is 6.61 Å². The zero-order valence-corrected chi connectivity index (χ0v) is 18.0. The highest BCUT2D eigenvalue weighted by Crippen LogP contribution is 2.34. The van der Waals surface area contributed by atoms with Gasteiger partial charge in [-0.1, -0.05) is 48.0 Å². The summed E-state index contributed by atoms with van der Waals surface area (Å²) in [5.74, 6) is 1.42. The maximum absolute atomic E-state index is 6.16. The Morgan fingerprint density at radius 2 is 1.85 bits per heavy atom. The second-order valence-corrected chi connectivity index (χ2v) is 7.52. The van der Waals surface area contributed by atoms with E-state index in [2.05, 4.69) is 27.6 Å². The quantitative estimate of drug-likeness (QED) is 0.288. The normalized spacial score (nSPS) is 11.0. The van der Waals surface area contributed by atoms with Gasteiger partial charge in [0.2, 0.25) is 0 Å². The third-order valence-electron chi connectivity index (χ3n) is 4.07. The number of halogens is 2. The lowest BCUT2D eigenvalue weighted by Gasteiger charge is -2.13. The van der Waals surface area contributed by atoms with Crippen molar-refractivity contribution < 1.29 is 9.47 Å². The van der Waals surface area contributed by atoms with Crippen LogP contribution in [0, 0.1) is 10.5 Å². The number of aliphatic imine (C=N–C) groups is 1. The fraction of sp³-hybridized carbons (Fsp3) is 0.136. The summed E-state index contributed by atoms with van der Waals surface area (Å²) >= 11 is 8.42. The molecule has 3 aromatic carbocycles. The van der Waals surface area contributed by atoms with Crippen LogP contribution in [0.3, 0.4) is 0 Å². The third kappa shape index (κ3) is 5.02. The van der Waals surface area contributed by atoms with Gasteiger partial charge in [0.15, 0.2) is 11.5 Å². The Balaban J connectivity index is 1.83. The minimum absolute atomic E-state index is 0.488. The van der Waals surface area contributed by atoms with Gasteiger partial charge >= 0.3 is 0 Å². The van der Waals surface area contributed by atoms with Gasteiger partial charge in [0.05, 0.1) is 16.4 Å². The summed E-state index contributed by atoms with van der Waals surface area (Å²) in [4.78, 5) is 4.57. The van der Waals surface area contributed by atoms with Crippen molar-refractivity contribution in [3.63, 3.8) is 0 Å². The van der Waals surface area contributed by atoms with Crippen LogP contribution in [-0.4, -0.2) is 13.3 Å². The summed E-state index contributed by atoms with van der Waals surface area (Å²) < 4.78 is 12.5. The molecular formula is C22H19ClINO2. The number of benzene rings is 3. The average Bonchev–Trinajstić information content (AvgIpc) is 2.68. The molecule has 0 aliphatic carbocycles. The Bertz CT molecular complexity index is 958. The monoisotopic (exact) mass is 491 g/mol. The van der Waals surface area contributed by atoms with Crippen molar-refractivity contribution >= 4 is 46.1 Å². The molecule has 0 atom stereocenters. The van der Waals surface area contributed by atoms with Crippen LogP contribution < -0.4 is 9.47 Å². The molecule has 0 unspecified atom stereocenters. The molecule has 27 heavy (non-hydrogen) atoms. The third-order valence-corrected chi connectivity index (χ3v) is 5.28. The first-order valence-electron chi connectivity index (χ1n) is 8.42. The highest BCUT2D eigenvalue weighted by molar-refractivity contribution is 14.1. The van der Waals surface area contributed by atoms with Gasteiger partial charge in [-0.3, -0.25) is 4.99 Å². The second-order valence-electron chi connectivity index (χ2n) is 5.95. The van der Waals surface area contributed by atoms with E-state index in [1.165, 1.54) is 0 Å². The highest BCUT2D eigenvalue weighted by atomic mass is 127. The molecule has 0 saturated carbocycles. The number of ether oxygens (including phenoxy) is 2. The molecular weight excluding hydrogens is 473 g/mol. The minimum Gasteiger partial charge on any atom is -0.493 e. The maximum atomic E-state index is 6.16. The van der Waals surface area contributed by atoms with Crippen molar-refractivity contribution in [2.24, 2.45) is 4.99 Å². The van der Waals surface area contributed by atoms with Gasteiger partial charge in [-0.05, 0) is 70.5 Å². The first-order chi connectivity index (χ1) is 13.1. The summed E-state index contributed by atoms with van der Waals surface area (Å²) in [6.07, 6.45) is 1.81. The number of methoxy groups -OCH3 is 1. The van der Waals surface area contributed by atoms with E-state index in [1.54, 1.807) is 7.11 Å². The molecule has 138 valence electrons. The van der Waals surface area contributed by atoms with Crippen LogP contribution in [0.4, 0.5) is 5.69 Å². The number of hydrogen-bond acceptors (Lipinski definition) is 3. The molecule has 0 saturated heterocycles. The molecule has 0 spiro atoms. The van der Waals surface area contributed by atoms with Gasteiger partial charge in [-0.2, -0.15) is 0 Å². The zero-order chi connectivity index (χ0) is 19.2. The Kier molecular flexibility index (Phi) is 6.74. The number of nitrogens with zero attached hydrogens (tertiary/aromatic N) is 1. The molecule has 0 amide bonds. The topological polar surface area (TPSA) is 30.8 Å².